The quantitative estimate of drug-likeness (QED) is 0.328. The minimum atomic E-state index is 0. The van der Waals surface area contributed by atoms with E-state index in [4.69, 9.17) is 14.5 Å². The van der Waals surface area contributed by atoms with Crippen LogP contribution in [-0.4, -0.2) is 56.8 Å². The third kappa shape index (κ3) is 7.37. The number of likely N-dealkylation sites (N-methyl/N-ethyl adjacent to an activating group) is 1. The number of anilines is 1. The van der Waals surface area contributed by atoms with Crippen LogP contribution in [0.5, 0.6) is 11.5 Å². The number of benzene rings is 1. The number of rotatable bonds is 8. The van der Waals surface area contributed by atoms with Gasteiger partial charge in [0, 0.05) is 24.3 Å². The first-order valence-electron chi connectivity index (χ1n) is 9.82. The van der Waals surface area contributed by atoms with Crippen molar-refractivity contribution in [1.82, 2.24) is 10.2 Å². The van der Waals surface area contributed by atoms with E-state index in [0.717, 1.165) is 42.8 Å². The second-order valence-electron chi connectivity index (χ2n) is 6.42. The molecule has 2 N–H and O–H groups in total. The van der Waals surface area contributed by atoms with E-state index in [1.807, 2.05) is 25.1 Å². The van der Waals surface area contributed by atoms with Crippen LogP contribution in [0.25, 0.3) is 0 Å². The maximum absolute atomic E-state index is 5.58. The number of hydrogen-bond donors (Lipinski definition) is 2. The van der Waals surface area contributed by atoms with Gasteiger partial charge in [-0.15, -0.1) is 24.0 Å². The van der Waals surface area contributed by atoms with Crippen LogP contribution in [0.4, 0.5) is 5.69 Å². The number of nitrogens with zero attached hydrogens (tertiary/aromatic N) is 2. The Morgan fingerprint density at radius 1 is 1.22 bits per heavy atom. The lowest BCUT2D eigenvalue weighted by Gasteiger charge is -2.34. The van der Waals surface area contributed by atoms with Crippen molar-refractivity contribution in [2.75, 3.05) is 45.2 Å². The molecule has 1 aromatic rings. The van der Waals surface area contributed by atoms with Crippen LogP contribution in [0, 0.1) is 0 Å². The molecule has 0 aliphatic carbocycles. The fourth-order valence-electron chi connectivity index (χ4n) is 3.34. The lowest BCUT2D eigenvalue weighted by molar-refractivity contribution is 0.161. The number of halogens is 1. The van der Waals surface area contributed by atoms with Crippen molar-refractivity contribution in [2.24, 2.45) is 4.99 Å². The first-order valence-corrected chi connectivity index (χ1v) is 9.82. The maximum Gasteiger partial charge on any atom is 0.195 e. The topological polar surface area (TPSA) is 58.1 Å². The van der Waals surface area contributed by atoms with Gasteiger partial charge in [0.2, 0.25) is 0 Å². The van der Waals surface area contributed by atoms with Crippen molar-refractivity contribution in [2.45, 2.75) is 46.1 Å². The van der Waals surface area contributed by atoms with Crippen LogP contribution in [0.2, 0.25) is 0 Å². The Morgan fingerprint density at radius 2 is 2.04 bits per heavy atom. The van der Waals surface area contributed by atoms with E-state index in [1.54, 1.807) is 7.11 Å². The Bertz CT molecular complexity index is 583. The van der Waals surface area contributed by atoms with E-state index in [-0.39, 0.29) is 24.0 Å². The summed E-state index contributed by atoms with van der Waals surface area (Å²) >= 11 is 0. The van der Waals surface area contributed by atoms with E-state index >= 15 is 0 Å². The smallest absolute Gasteiger partial charge is 0.195 e. The number of piperidine rings is 1. The van der Waals surface area contributed by atoms with Crippen LogP contribution in [0.3, 0.4) is 0 Å². The van der Waals surface area contributed by atoms with Crippen molar-refractivity contribution < 1.29 is 9.47 Å². The average Bonchev–Trinajstić information content (AvgIpc) is 2.67. The summed E-state index contributed by atoms with van der Waals surface area (Å²) < 4.78 is 11.0. The molecule has 1 fully saturated rings. The fraction of sp³-hybridized carbons (Fsp3) is 0.650. The van der Waals surface area contributed by atoms with Gasteiger partial charge in [0.15, 0.2) is 17.5 Å². The summed E-state index contributed by atoms with van der Waals surface area (Å²) in [6.07, 6.45) is 3.84. The van der Waals surface area contributed by atoms with Gasteiger partial charge in [-0.05, 0) is 51.9 Å². The van der Waals surface area contributed by atoms with Crippen LogP contribution < -0.4 is 20.1 Å². The molecule has 2 rings (SSSR count). The normalized spacial score (nSPS) is 17.8. The van der Waals surface area contributed by atoms with Gasteiger partial charge in [-0.2, -0.15) is 0 Å². The highest BCUT2D eigenvalue weighted by atomic mass is 127. The molecular formula is C20H35IN4O2. The first-order chi connectivity index (χ1) is 12.7. The molecule has 7 heteroatoms. The van der Waals surface area contributed by atoms with Gasteiger partial charge in [0.25, 0.3) is 0 Å². The summed E-state index contributed by atoms with van der Waals surface area (Å²) in [7, 11) is 1.66. The van der Waals surface area contributed by atoms with E-state index in [0.29, 0.717) is 12.6 Å². The molecule has 0 bridgehead atoms. The summed E-state index contributed by atoms with van der Waals surface area (Å²) in [6.45, 7) is 10.8. The predicted molar refractivity (Wildman–Crippen MR) is 124 cm³/mol. The highest BCUT2D eigenvalue weighted by molar-refractivity contribution is 14.0. The number of guanidine groups is 1. The van der Waals surface area contributed by atoms with Gasteiger partial charge in [0.1, 0.15) is 0 Å². The lowest BCUT2D eigenvalue weighted by atomic mass is 10.0. The minimum Gasteiger partial charge on any atom is -0.493 e. The van der Waals surface area contributed by atoms with Crippen molar-refractivity contribution >= 4 is 35.6 Å². The zero-order chi connectivity index (χ0) is 18.8. The molecule has 1 unspecified atom stereocenters. The zero-order valence-corrected chi connectivity index (χ0v) is 19.4. The number of aliphatic imine (C=N–C) groups is 1. The highest BCUT2D eigenvalue weighted by Gasteiger charge is 2.20. The number of ether oxygens (including phenoxy) is 2. The predicted octanol–water partition coefficient (Wildman–Crippen LogP) is 3.96. The Morgan fingerprint density at radius 3 is 2.70 bits per heavy atom. The van der Waals surface area contributed by atoms with Gasteiger partial charge in [-0.1, -0.05) is 13.3 Å². The SMILES string of the molecule is CCNC(=NCC1CCCCN1CC)Nc1ccc(OCC)c(OC)c1.I. The van der Waals surface area contributed by atoms with Gasteiger partial charge in [-0.3, -0.25) is 9.89 Å². The molecule has 0 spiro atoms. The Labute approximate surface area is 181 Å². The molecule has 1 atom stereocenters. The minimum absolute atomic E-state index is 0. The van der Waals surface area contributed by atoms with Crippen LogP contribution in [0.15, 0.2) is 23.2 Å². The second kappa shape index (κ2) is 13.0. The summed E-state index contributed by atoms with van der Waals surface area (Å²) in [5.41, 5.74) is 0.931. The van der Waals surface area contributed by atoms with Crippen molar-refractivity contribution in [1.29, 1.82) is 0 Å². The Kier molecular flexibility index (Phi) is 11.5. The van der Waals surface area contributed by atoms with Crippen LogP contribution >= 0.6 is 24.0 Å². The van der Waals surface area contributed by atoms with Gasteiger partial charge in [-0.25, -0.2) is 0 Å². The molecule has 1 aliphatic heterocycles. The monoisotopic (exact) mass is 490 g/mol. The van der Waals surface area contributed by atoms with E-state index in [1.165, 1.54) is 25.8 Å². The lowest BCUT2D eigenvalue weighted by Crippen LogP contribution is -2.42. The summed E-state index contributed by atoms with van der Waals surface area (Å²) in [5.74, 6) is 2.28. The fourth-order valence-corrected chi connectivity index (χ4v) is 3.34. The average molecular weight is 490 g/mol. The number of methoxy groups -OCH3 is 1. The van der Waals surface area contributed by atoms with Crippen molar-refractivity contribution in [3.05, 3.63) is 18.2 Å². The molecule has 1 aliphatic rings. The second-order valence-corrected chi connectivity index (χ2v) is 6.42. The Hall–Kier alpha value is -1.22. The molecule has 27 heavy (non-hydrogen) atoms. The first kappa shape index (κ1) is 23.8. The molecule has 0 radical (unpaired) electrons. The maximum atomic E-state index is 5.58. The van der Waals surface area contributed by atoms with E-state index in [2.05, 4.69) is 29.4 Å². The molecular weight excluding hydrogens is 455 g/mol. The summed E-state index contributed by atoms with van der Waals surface area (Å²) in [6, 6.07) is 6.39. The largest absolute Gasteiger partial charge is 0.493 e. The van der Waals surface area contributed by atoms with Crippen LogP contribution in [-0.2, 0) is 0 Å². The molecule has 154 valence electrons. The highest BCUT2D eigenvalue weighted by Crippen LogP contribution is 2.30. The number of likely N-dealkylation sites (tertiary alicyclic amines) is 1. The standard InChI is InChI=1S/C20H34N4O2.HI/c1-5-21-20(22-15-17-10-8-9-13-24(17)6-2)23-16-11-12-18(26-7-3)19(14-16)25-4;/h11-12,14,17H,5-10,13,15H2,1-4H3,(H2,21,22,23);1H. The molecule has 0 saturated carbocycles. The van der Waals surface area contributed by atoms with Crippen LogP contribution in [0.1, 0.15) is 40.0 Å². The molecule has 6 nitrogen and oxygen atoms in total. The van der Waals surface area contributed by atoms with Gasteiger partial charge >= 0.3 is 0 Å². The molecule has 1 aromatic carbocycles. The summed E-state index contributed by atoms with van der Waals surface area (Å²) in [5, 5.41) is 6.71. The third-order valence-electron chi connectivity index (χ3n) is 4.69. The molecule has 1 heterocycles. The van der Waals surface area contributed by atoms with E-state index < -0.39 is 0 Å². The number of nitrogens with one attached hydrogen (secondary N) is 2. The third-order valence-corrected chi connectivity index (χ3v) is 4.69. The molecule has 0 aromatic heterocycles. The molecule has 0 amide bonds. The van der Waals surface area contributed by atoms with Gasteiger partial charge < -0.3 is 20.1 Å². The number of hydrogen-bond acceptors (Lipinski definition) is 4. The molecule has 1 saturated heterocycles. The van der Waals surface area contributed by atoms with Crippen molar-refractivity contribution in [3.63, 3.8) is 0 Å². The van der Waals surface area contributed by atoms with Gasteiger partial charge in [0.05, 0.1) is 20.3 Å². The Balaban J connectivity index is 0.00000364. The van der Waals surface area contributed by atoms with E-state index in [9.17, 15) is 0 Å². The zero-order valence-electron chi connectivity index (χ0n) is 17.1. The summed E-state index contributed by atoms with van der Waals surface area (Å²) in [4.78, 5) is 7.36. The van der Waals surface area contributed by atoms with Crippen molar-refractivity contribution in [3.8, 4) is 11.5 Å².